The Morgan fingerprint density at radius 2 is 1.95 bits per heavy atom. The second-order valence-corrected chi connectivity index (χ2v) is 4.30. The first kappa shape index (κ1) is 12.2. The summed E-state index contributed by atoms with van der Waals surface area (Å²) in [6.45, 7) is 1.65. The number of benzene rings is 1. The summed E-state index contributed by atoms with van der Waals surface area (Å²) >= 11 is 0. The maximum absolute atomic E-state index is 11.0. The summed E-state index contributed by atoms with van der Waals surface area (Å²) in [6, 6.07) is 9.27. The van der Waals surface area contributed by atoms with Crippen molar-refractivity contribution in [2.75, 3.05) is 0 Å². The molecule has 100 valence electrons. The molecule has 0 aliphatic heterocycles. The maximum Gasteiger partial charge on any atom is 0.358 e. The van der Waals surface area contributed by atoms with Crippen LogP contribution in [0.2, 0.25) is 0 Å². The topological polar surface area (TPSA) is 96.5 Å². The predicted molar refractivity (Wildman–Crippen MR) is 70.6 cm³/mol. The molecule has 1 aromatic carbocycles. The van der Waals surface area contributed by atoms with E-state index in [0.29, 0.717) is 16.8 Å². The van der Waals surface area contributed by atoms with Crippen LogP contribution >= 0.6 is 0 Å². The maximum atomic E-state index is 11.0. The second-order valence-electron chi connectivity index (χ2n) is 4.30. The van der Waals surface area contributed by atoms with Crippen LogP contribution in [0.15, 0.2) is 34.9 Å². The fourth-order valence-corrected chi connectivity index (χ4v) is 2.11. The standard InChI is InChI=1S/C14H10N2O4/c1-7-9-10(8-5-3-2-4-6-8)16-20-13(9)12(17)11(15-7)14(18)19/h2-6,17H,1H3,(H,18,19). The third-order valence-electron chi connectivity index (χ3n) is 3.02. The largest absolute Gasteiger partial charge is 0.502 e. The average molecular weight is 270 g/mol. The zero-order chi connectivity index (χ0) is 14.3. The highest BCUT2D eigenvalue weighted by molar-refractivity contribution is 6.01. The van der Waals surface area contributed by atoms with Crippen LogP contribution in [0.25, 0.3) is 22.2 Å². The smallest absolute Gasteiger partial charge is 0.358 e. The molecule has 0 saturated carbocycles. The van der Waals surface area contributed by atoms with Crippen molar-refractivity contribution in [3.8, 4) is 17.0 Å². The van der Waals surface area contributed by atoms with Crippen LogP contribution in [0.5, 0.6) is 5.75 Å². The van der Waals surface area contributed by atoms with Crippen LogP contribution < -0.4 is 0 Å². The van der Waals surface area contributed by atoms with E-state index in [0.717, 1.165) is 5.56 Å². The van der Waals surface area contributed by atoms with Crippen molar-refractivity contribution in [3.05, 3.63) is 41.7 Å². The molecule has 0 aliphatic carbocycles. The van der Waals surface area contributed by atoms with Gasteiger partial charge in [0.05, 0.1) is 11.1 Å². The number of hydrogen-bond acceptors (Lipinski definition) is 5. The minimum atomic E-state index is -1.31. The quantitative estimate of drug-likeness (QED) is 0.743. The highest BCUT2D eigenvalue weighted by Crippen LogP contribution is 2.35. The predicted octanol–water partition coefficient (Wildman–Crippen LogP) is 2.60. The number of rotatable bonds is 2. The van der Waals surface area contributed by atoms with Gasteiger partial charge in [0.1, 0.15) is 5.69 Å². The Morgan fingerprint density at radius 3 is 2.60 bits per heavy atom. The number of aryl methyl sites for hydroxylation is 1. The fourth-order valence-electron chi connectivity index (χ4n) is 2.11. The number of aromatic hydroxyl groups is 1. The third-order valence-corrected chi connectivity index (χ3v) is 3.02. The van der Waals surface area contributed by atoms with Gasteiger partial charge in [-0.25, -0.2) is 9.78 Å². The summed E-state index contributed by atoms with van der Waals surface area (Å²) in [5.74, 6) is -1.82. The molecule has 3 rings (SSSR count). The normalized spacial score (nSPS) is 10.8. The first-order chi connectivity index (χ1) is 9.59. The van der Waals surface area contributed by atoms with Gasteiger partial charge < -0.3 is 14.7 Å². The van der Waals surface area contributed by atoms with Crippen LogP contribution in [0, 0.1) is 6.92 Å². The monoisotopic (exact) mass is 270 g/mol. The van der Waals surface area contributed by atoms with E-state index < -0.39 is 17.4 Å². The number of carbonyl (C=O) groups is 1. The molecule has 0 amide bonds. The van der Waals surface area contributed by atoms with Crippen molar-refractivity contribution in [3.63, 3.8) is 0 Å². The molecule has 20 heavy (non-hydrogen) atoms. The van der Waals surface area contributed by atoms with Gasteiger partial charge in [0.15, 0.2) is 11.4 Å². The lowest BCUT2D eigenvalue weighted by molar-refractivity contribution is 0.0687. The van der Waals surface area contributed by atoms with Crippen molar-refractivity contribution in [2.24, 2.45) is 0 Å². The molecular formula is C14H10N2O4. The molecule has 0 radical (unpaired) electrons. The molecule has 2 N–H and O–H groups in total. The summed E-state index contributed by atoms with van der Waals surface area (Å²) < 4.78 is 5.10. The Hall–Kier alpha value is -2.89. The van der Waals surface area contributed by atoms with E-state index in [1.807, 2.05) is 30.3 Å². The molecule has 0 aliphatic rings. The second kappa shape index (κ2) is 4.34. The van der Waals surface area contributed by atoms with Gasteiger partial charge in [0.2, 0.25) is 5.58 Å². The minimum absolute atomic E-state index is 0.0359. The lowest BCUT2D eigenvalue weighted by Gasteiger charge is -2.02. The zero-order valence-electron chi connectivity index (χ0n) is 10.5. The van der Waals surface area contributed by atoms with Crippen LogP contribution in [-0.2, 0) is 0 Å². The molecule has 2 heterocycles. The van der Waals surface area contributed by atoms with Crippen molar-refractivity contribution in [2.45, 2.75) is 6.92 Å². The van der Waals surface area contributed by atoms with E-state index in [2.05, 4.69) is 10.1 Å². The number of nitrogens with zero attached hydrogens (tertiary/aromatic N) is 2. The van der Waals surface area contributed by atoms with Gasteiger partial charge in [-0.3, -0.25) is 0 Å². The lowest BCUT2D eigenvalue weighted by atomic mass is 10.1. The molecule has 3 aromatic rings. The van der Waals surface area contributed by atoms with Crippen LogP contribution in [0.3, 0.4) is 0 Å². The van der Waals surface area contributed by atoms with E-state index in [1.54, 1.807) is 6.92 Å². The Morgan fingerprint density at radius 1 is 1.25 bits per heavy atom. The van der Waals surface area contributed by atoms with Crippen molar-refractivity contribution < 1.29 is 19.5 Å². The number of carboxylic acid groups (broad SMARTS) is 1. The summed E-state index contributed by atoms with van der Waals surface area (Å²) in [4.78, 5) is 14.9. The van der Waals surface area contributed by atoms with Crippen LogP contribution in [0.1, 0.15) is 16.2 Å². The molecule has 0 spiro atoms. The highest BCUT2D eigenvalue weighted by atomic mass is 16.5. The number of fused-ring (bicyclic) bond motifs is 1. The zero-order valence-corrected chi connectivity index (χ0v) is 10.5. The SMILES string of the molecule is Cc1nc(C(=O)O)c(O)c2onc(-c3ccccc3)c12. The van der Waals surface area contributed by atoms with Gasteiger partial charge in [0.25, 0.3) is 0 Å². The summed E-state index contributed by atoms with van der Waals surface area (Å²) in [5, 5.41) is 23.3. The molecule has 0 saturated heterocycles. The molecule has 2 aromatic heterocycles. The Kier molecular flexibility index (Phi) is 2.64. The first-order valence-electron chi connectivity index (χ1n) is 5.87. The number of hydrogen-bond donors (Lipinski definition) is 2. The van der Waals surface area contributed by atoms with E-state index in [-0.39, 0.29) is 5.58 Å². The van der Waals surface area contributed by atoms with Crippen molar-refractivity contribution >= 4 is 16.9 Å². The Bertz CT molecular complexity index is 809. The summed E-state index contributed by atoms with van der Waals surface area (Å²) in [5.41, 5.74) is 1.37. The lowest BCUT2D eigenvalue weighted by Crippen LogP contribution is -2.02. The number of aromatic nitrogens is 2. The average Bonchev–Trinajstić information content (AvgIpc) is 2.89. The Labute approximate surface area is 113 Å². The van der Waals surface area contributed by atoms with Gasteiger partial charge in [-0.05, 0) is 6.92 Å². The van der Waals surface area contributed by atoms with Crippen LogP contribution in [-0.4, -0.2) is 26.3 Å². The van der Waals surface area contributed by atoms with E-state index >= 15 is 0 Å². The summed E-state index contributed by atoms with van der Waals surface area (Å²) in [7, 11) is 0. The van der Waals surface area contributed by atoms with E-state index in [9.17, 15) is 9.90 Å². The molecule has 0 fully saturated rings. The minimum Gasteiger partial charge on any atom is -0.502 e. The van der Waals surface area contributed by atoms with Crippen LogP contribution in [0.4, 0.5) is 0 Å². The first-order valence-corrected chi connectivity index (χ1v) is 5.87. The molecule has 6 nitrogen and oxygen atoms in total. The molecule has 6 heteroatoms. The van der Waals surface area contributed by atoms with Crippen molar-refractivity contribution in [1.82, 2.24) is 10.1 Å². The molecule has 0 atom stereocenters. The van der Waals surface area contributed by atoms with Gasteiger partial charge in [-0.1, -0.05) is 35.5 Å². The van der Waals surface area contributed by atoms with E-state index in [1.165, 1.54) is 0 Å². The third kappa shape index (κ3) is 1.70. The number of carboxylic acids is 1. The fraction of sp³-hybridized carbons (Fsp3) is 0.0714. The molecule has 0 unspecified atom stereocenters. The van der Waals surface area contributed by atoms with Gasteiger partial charge in [0, 0.05) is 5.56 Å². The number of pyridine rings is 1. The molecular weight excluding hydrogens is 260 g/mol. The summed E-state index contributed by atoms with van der Waals surface area (Å²) in [6.07, 6.45) is 0. The Balaban J connectivity index is 2.34. The van der Waals surface area contributed by atoms with Gasteiger partial charge >= 0.3 is 5.97 Å². The highest BCUT2D eigenvalue weighted by Gasteiger charge is 2.23. The molecule has 0 bridgehead atoms. The van der Waals surface area contributed by atoms with E-state index in [4.69, 9.17) is 9.63 Å². The van der Waals surface area contributed by atoms with Crippen molar-refractivity contribution in [1.29, 1.82) is 0 Å². The van der Waals surface area contributed by atoms with Gasteiger partial charge in [-0.2, -0.15) is 0 Å². The number of aromatic carboxylic acids is 1. The van der Waals surface area contributed by atoms with Gasteiger partial charge in [-0.15, -0.1) is 0 Å².